The van der Waals surface area contributed by atoms with Crippen LogP contribution in [0.5, 0.6) is 0 Å². The van der Waals surface area contributed by atoms with E-state index in [1.807, 2.05) is 25.1 Å². The highest BCUT2D eigenvalue weighted by Gasteiger charge is 2.54. The van der Waals surface area contributed by atoms with Crippen LogP contribution in [0.4, 0.5) is 4.39 Å². The van der Waals surface area contributed by atoms with Crippen molar-refractivity contribution in [2.24, 2.45) is 35.3 Å². The normalized spacial score (nSPS) is 34.9. The molecule has 2 saturated carbocycles. The van der Waals surface area contributed by atoms with Crippen LogP contribution >= 0.6 is 0 Å². The summed E-state index contributed by atoms with van der Waals surface area (Å²) in [7, 11) is 0. The molecule has 5 heteroatoms. The highest BCUT2D eigenvalue weighted by molar-refractivity contribution is 5.75. The van der Waals surface area contributed by atoms with E-state index in [0.717, 1.165) is 42.5 Å². The first kappa shape index (κ1) is 20.4. The molecule has 3 fully saturated rings. The van der Waals surface area contributed by atoms with Crippen molar-refractivity contribution in [3.8, 4) is 11.1 Å². The summed E-state index contributed by atoms with van der Waals surface area (Å²) in [4.78, 5) is 17.0. The average molecular weight is 421 g/mol. The van der Waals surface area contributed by atoms with Crippen molar-refractivity contribution in [1.82, 2.24) is 4.98 Å². The number of fused-ring (bicyclic) bond motifs is 2. The first-order valence-electron chi connectivity index (χ1n) is 11.4. The summed E-state index contributed by atoms with van der Waals surface area (Å²) in [6.07, 6.45) is 10.1. The van der Waals surface area contributed by atoms with E-state index < -0.39 is 0 Å². The number of esters is 1. The molecule has 1 saturated heterocycles. The molecular formula is C26H29FN2O2. The zero-order valence-electron chi connectivity index (χ0n) is 17.8. The summed E-state index contributed by atoms with van der Waals surface area (Å²) in [6.45, 7) is 2.03. The maximum absolute atomic E-state index is 13.5. The Morgan fingerprint density at radius 1 is 1.16 bits per heavy atom. The fourth-order valence-corrected chi connectivity index (χ4v) is 6.17. The summed E-state index contributed by atoms with van der Waals surface area (Å²) in [5.74, 6) is 1.23. The minimum atomic E-state index is -0.254. The van der Waals surface area contributed by atoms with Gasteiger partial charge in [0.25, 0.3) is 0 Å². The predicted molar refractivity (Wildman–Crippen MR) is 118 cm³/mol. The van der Waals surface area contributed by atoms with E-state index in [1.165, 1.54) is 12.1 Å². The lowest BCUT2D eigenvalue weighted by Crippen LogP contribution is -2.46. The Morgan fingerprint density at radius 2 is 2.03 bits per heavy atom. The third kappa shape index (κ3) is 3.91. The second-order valence-corrected chi connectivity index (χ2v) is 9.48. The van der Waals surface area contributed by atoms with Crippen molar-refractivity contribution >= 4 is 12.0 Å². The van der Waals surface area contributed by atoms with Gasteiger partial charge in [0.1, 0.15) is 11.9 Å². The highest BCUT2D eigenvalue weighted by Crippen LogP contribution is 2.53. The number of hydrogen-bond donors (Lipinski definition) is 1. The topological polar surface area (TPSA) is 65.2 Å². The van der Waals surface area contributed by atoms with Crippen LogP contribution in [0.15, 0.2) is 48.7 Å². The molecule has 2 heterocycles. The molecule has 0 amide bonds. The zero-order valence-corrected chi connectivity index (χ0v) is 17.8. The fourth-order valence-electron chi connectivity index (χ4n) is 6.17. The first-order valence-corrected chi connectivity index (χ1v) is 11.4. The minimum absolute atomic E-state index is 0.00327. The van der Waals surface area contributed by atoms with Gasteiger partial charge >= 0.3 is 5.97 Å². The number of halogens is 1. The summed E-state index contributed by atoms with van der Waals surface area (Å²) < 4.78 is 19.2. The lowest BCUT2D eigenvalue weighted by molar-refractivity contribution is -0.144. The lowest BCUT2D eigenvalue weighted by Gasteiger charge is -2.47. The molecular weight excluding hydrogens is 391 g/mol. The largest absolute Gasteiger partial charge is 0.462 e. The zero-order chi connectivity index (χ0) is 21.5. The third-order valence-electron chi connectivity index (χ3n) is 7.63. The number of ether oxygens (including phenoxy) is 1. The number of carbonyl (C=O) groups is 1. The first-order chi connectivity index (χ1) is 15.0. The van der Waals surface area contributed by atoms with E-state index in [4.69, 9.17) is 10.5 Å². The van der Waals surface area contributed by atoms with E-state index in [9.17, 15) is 9.18 Å². The SMILES string of the molecule is C[C@H]1OC(=O)[C@@H]2C[C@@H]3CC[C@@H](N)C[C@H]3[C@H](/C=C/c3ccc(-c4cccc(F)c4)cn3)[C@H]12. The molecule has 1 aliphatic heterocycles. The second kappa shape index (κ2) is 8.19. The van der Waals surface area contributed by atoms with Gasteiger partial charge in [0, 0.05) is 23.7 Å². The van der Waals surface area contributed by atoms with Gasteiger partial charge in [-0.2, -0.15) is 0 Å². The molecule has 2 N–H and O–H groups in total. The van der Waals surface area contributed by atoms with Crippen molar-refractivity contribution in [2.75, 3.05) is 0 Å². The Labute approximate surface area is 182 Å². The molecule has 31 heavy (non-hydrogen) atoms. The van der Waals surface area contributed by atoms with Crippen molar-refractivity contribution in [1.29, 1.82) is 0 Å². The van der Waals surface area contributed by atoms with Crippen molar-refractivity contribution < 1.29 is 13.9 Å². The van der Waals surface area contributed by atoms with Gasteiger partial charge in [-0.25, -0.2) is 4.39 Å². The van der Waals surface area contributed by atoms with Gasteiger partial charge in [0.15, 0.2) is 0 Å². The molecule has 0 bridgehead atoms. The number of rotatable bonds is 3. The Balaban J connectivity index is 1.40. The van der Waals surface area contributed by atoms with E-state index in [1.54, 1.807) is 12.3 Å². The Bertz CT molecular complexity index is 989. The number of hydrogen-bond acceptors (Lipinski definition) is 4. The maximum atomic E-state index is 13.5. The molecule has 162 valence electrons. The smallest absolute Gasteiger partial charge is 0.309 e. The number of nitrogens with zero attached hydrogens (tertiary/aromatic N) is 1. The van der Waals surface area contributed by atoms with E-state index in [0.29, 0.717) is 11.8 Å². The summed E-state index contributed by atoms with van der Waals surface area (Å²) in [6, 6.07) is 10.7. The summed E-state index contributed by atoms with van der Waals surface area (Å²) in [5.41, 5.74) is 8.89. The van der Waals surface area contributed by atoms with Crippen LogP contribution in [0.3, 0.4) is 0 Å². The van der Waals surface area contributed by atoms with Gasteiger partial charge in [-0.15, -0.1) is 0 Å². The molecule has 3 aliphatic rings. The molecule has 2 aliphatic carbocycles. The Kier molecular flexibility index (Phi) is 5.39. The summed E-state index contributed by atoms with van der Waals surface area (Å²) >= 11 is 0. The van der Waals surface area contributed by atoms with E-state index >= 15 is 0 Å². The molecule has 1 aromatic carbocycles. The van der Waals surface area contributed by atoms with Crippen molar-refractivity contribution in [3.63, 3.8) is 0 Å². The van der Waals surface area contributed by atoms with Crippen LogP contribution in [0.2, 0.25) is 0 Å². The number of aromatic nitrogens is 1. The quantitative estimate of drug-likeness (QED) is 0.722. The molecule has 0 spiro atoms. The Hall–Kier alpha value is -2.53. The van der Waals surface area contributed by atoms with Crippen LogP contribution in [-0.4, -0.2) is 23.1 Å². The van der Waals surface area contributed by atoms with Crippen molar-refractivity contribution in [2.45, 2.75) is 44.8 Å². The number of nitrogens with two attached hydrogens (primary N) is 1. The lowest BCUT2D eigenvalue weighted by atomic mass is 9.57. The van der Waals surface area contributed by atoms with Gasteiger partial charge in [0.2, 0.25) is 0 Å². The average Bonchev–Trinajstić information content (AvgIpc) is 3.05. The van der Waals surface area contributed by atoms with Crippen LogP contribution in [0.25, 0.3) is 17.2 Å². The number of carbonyl (C=O) groups excluding carboxylic acids is 1. The standard InChI is InChI=1S/C26H29FN2O2/c1-15-25-22(23-13-20(28)7-5-17(23)12-24(25)26(30)31-15)10-9-21-8-6-18(14-29-21)16-3-2-4-19(27)11-16/h2-4,6,8-11,14-15,17,20,22-25H,5,7,12-13,28H2,1H3/b10-9+/t15-,17+,20-,22+,23-,24-,25+/m1/s1. The molecule has 0 radical (unpaired) electrons. The molecule has 5 rings (SSSR count). The van der Waals surface area contributed by atoms with E-state index in [-0.39, 0.29) is 41.7 Å². The van der Waals surface area contributed by atoms with Gasteiger partial charge in [-0.3, -0.25) is 9.78 Å². The number of pyridine rings is 1. The molecule has 1 aromatic heterocycles. The van der Waals surface area contributed by atoms with Gasteiger partial charge in [-0.05, 0) is 80.2 Å². The number of allylic oxidation sites excluding steroid dienone is 1. The molecule has 4 nitrogen and oxygen atoms in total. The predicted octanol–water partition coefficient (Wildman–Crippen LogP) is 4.84. The van der Waals surface area contributed by atoms with Gasteiger partial charge in [0.05, 0.1) is 11.6 Å². The highest BCUT2D eigenvalue weighted by atomic mass is 19.1. The molecule has 2 aromatic rings. The monoisotopic (exact) mass is 420 g/mol. The minimum Gasteiger partial charge on any atom is -0.462 e. The number of benzene rings is 1. The Morgan fingerprint density at radius 3 is 2.81 bits per heavy atom. The van der Waals surface area contributed by atoms with Crippen molar-refractivity contribution in [3.05, 3.63) is 60.2 Å². The van der Waals surface area contributed by atoms with Crippen LogP contribution in [0, 0.1) is 35.4 Å². The molecule has 7 atom stereocenters. The van der Waals surface area contributed by atoms with Crippen LogP contribution in [-0.2, 0) is 9.53 Å². The number of cyclic esters (lactones) is 1. The third-order valence-corrected chi connectivity index (χ3v) is 7.63. The summed E-state index contributed by atoms with van der Waals surface area (Å²) in [5, 5.41) is 0. The van der Waals surface area contributed by atoms with Gasteiger partial charge in [-0.1, -0.05) is 24.3 Å². The van der Waals surface area contributed by atoms with E-state index in [2.05, 4.69) is 17.1 Å². The van der Waals surface area contributed by atoms with Crippen LogP contribution < -0.4 is 5.73 Å². The second-order valence-electron chi connectivity index (χ2n) is 9.48. The fraction of sp³-hybridized carbons (Fsp3) is 0.462. The van der Waals surface area contributed by atoms with Crippen LogP contribution in [0.1, 0.15) is 38.3 Å². The van der Waals surface area contributed by atoms with Gasteiger partial charge < -0.3 is 10.5 Å². The maximum Gasteiger partial charge on any atom is 0.309 e. The molecule has 0 unspecified atom stereocenters.